The Morgan fingerprint density at radius 2 is 2.22 bits per heavy atom. The second-order valence-electron chi connectivity index (χ2n) is 4.81. The Balaban J connectivity index is 1.90. The first-order valence-electron chi connectivity index (χ1n) is 6.35. The van der Waals surface area contributed by atoms with Crippen molar-refractivity contribution in [1.82, 2.24) is 10.3 Å². The lowest BCUT2D eigenvalue weighted by Crippen LogP contribution is -2.43. The lowest BCUT2D eigenvalue weighted by Gasteiger charge is -2.30. The van der Waals surface area contributed by atoms with E-state index >= 15 is 0 Å². The molecule has 0 spiro atoms. The van der Waals surface area contributed by atoms with Crippen LogP contribution in [0.1, 0.15) is 32.6 Å². The molecule has 0 bridgehead atoms. The SMILES string of the molecule is C[C@H]1CCCC[C@H]1NC(=S)Nc1cccnc1Cl. The molecule has 18 heavy (non-hydrogen) atoms. The van der Waals surface area contributed by atoms with E-state index in [4.69, 9.17) is 23.8 Å². The Labute approximate surface area is 118 Å². The maximum absolute atomic E-state index is 5.98. The number of halogens is 1. The van der Waals surface area contributed by atoms with Crippen LogP contribution < -0.4 is 10.6 Å². The fourth-order valence-corrected chi connectivity index (χ4v) is 2.76. The van der Waals surface area contributed by atoms with E-state index in [9.17, 15) is 0 Å². The minimum absolute atomic E-state index is 0.443. The number of thiocarbonyl (C=S) groups is 1. The molecule has 0 aromatic carbocycles. The molecule has 1 aliphatic carbocycles. The van der Waals surface area contributed by atoms with Gasteiger partial charge in [0, 0.05) is 12.2 Å². The van der Waals surface area contributed by atoms with E-state index in [-0.39, 0.29) is 0 Å². The predicted octanol–water partition coefficient (Wildman–Crippen LogP) is 3.60. The molecule has 3 nitrogen and oxygen atoms in total. The van der Waals surface area contributed by atoms with Gasteiger partial charge in [0.1, 0.15) is 0 Å². The van der Waals surface area contributed by atoms with Gasteiger partial charge in [0.25, 0.3) is 0 Å². The van der Waals surface area contributed by atoms with Gasteiger partial charge in [0.05, 0.1) is 5.69 Å². The number of hydrogen-bond donors (Lipinski definition) is 2. The third kappa shape index (κ3) is 3.56. The molecular weight excluding hydrogens is 266 g/mol. The van der Waals surface area contributed by atoms with Crippen LogP contribution in [-0.4, -0.2) is 16.1 Å². The van der Waals surface area contributed by atoms with Gasteiger partial charge in [-0.1, -0.05) is 31.4 Å². The maximum Gasteiger partial charge on any atom is 0.171 e. The third-order valence-electron chi connectivity index (χ3n) is 3.44. The van der Waals surface area contributed by atoms with Crippen molar-refractivity contribution in [2.24, 2.45) is 5.92 Å². The van der Waals surface area contributed by atoms with Crippen LogP contribution in [0.15, 0.2) is 18.3 Å². The summed E-state index contributed by atoms with van der Waals surface area (Å²) in [5, 5.41) is 7.55. The van der Waals surface area contributed by atoms with Crippen molar-refractivity contribution in [1.29, 1.82) is 0 Å². The van der Waals surface area contributed by atoms with Gasteiger partial charge in [-0.25, -0.2) is 4.98 Å². The normalized spacial score (nSPS) is 23.4. The average molecular weight is 284 g/mol. The van der Waals surface area contributed by atoms with Gasteiger partial charge in [-0.2, -0.15) is 0 Å². The summed E-state index contributed by atoms with van der Waals surface area (Å²) < 4.78 is 0. The Hall–Kier alpha value is -0.870. The van der Waals surface area contributed by atoms with Gasteiger partial charge < -0.3 is 10.6 Å². The van der Waals surface area contributed by atoms with E-state index < -0.39 is 0 Å². The number of nitrogens with one attached hydrogen (secondary N) is 2. The first-order valence-corrected chi connectivity index (χ1v) is 7.13. The Kier molecular flexibility index (Phi) is 4.78. The average Bonchev–Trinajstić information content (AvgIpc) is 2.35. The standard InChI is InChI=1S/C13H18ClN3S/c1-9-5-2-3-6-10(9)16-13(18)17-11-7-4-8-15-12(11)14/h4,7-10H,2-3,5-6H2,1H3,(H2,16,17,18)/t9-,10+/m0/s1. The number of rotatable bonds is 2. The van der Waals surface area contributed by atoms with Gasteiger partial charge in [-0.05, 0) is 43.1 Å². The highest BCUT2D eigenvalue weighted by atomic mass is 35.5. The quantitative estimate of drug-likeness (QED) is 0.642. The van der Waals surface area contributed by atoms with Gasteiger partial charge in [-0.3, -0.25) is 0 Å². The maximum atomic E-state index is 5.98. The molecule has 1 aromatic heterocycles. The molecule has 0 amide bonds. The lowest BCUT2D eigenvalue weighted by molar-refractivity contribution is 0.309. The molecule has 0 saturated heterocycles. The monoisotopic (exact) mass is 283 g/mol. The first-order chi connectivity index (χ1) is 8.66. The first kappa shape index (κ1) is 13.6. The van der Waals surface area contributed by atoms with Crippen LogP contribution in [0.3, 0.4) is 0 Å². The van der Waals surface area contributed by atoms with Crippen molar-refractivity contribution in [3.63, 3.8) is 0 Å². The molecular formula is C13H18ClN3S. The fraction of sp³-hybridized carbons (Fsp3) is 0.538. The molecule has 98 valence electrons. The smallest absolute Gasteiger partial charge is 0.171 e. The van der Waals surface area contributed by atoms with E-state index in [1.807, 2.05) is 12.1 Å². The van der Waals surface area contributed by atoms with Gasteiger partial charge >= 0.3 is 0 Å². The summed E-state index contributed by atoms with van der Waals surface area (Å²) in [6, 6.07) is 4.17. The van der Waals surface area contributed by atoms with Crippen LogP contribution in [0.25, 0.3) is 0 Å². The Morgan fingerprint density at radius 3 is 2.94 bits per heavy atom. The van der Waals surface area contributed by atoms with Crippen molar-refractivity contribution in [3.05, 3.63) is 23.5 Å². The van der Waals surface area contributed by atoms with Crippen molar-refractivity contribution < 1.29 is 0 Å². The summed E-state index contributed by atoms with van der Waals surface area (Å²) in [4.78, 5) is 4.01. The Morgan fingerprint density at radius 1 is 1.44 bits per heavy atom. The molecule has 0 radical (unpaired) electrons. The van der Waals surface area contributed by atoms with Gasteiger partial charge in [-0.15, -0.1) is 0 Å². The molecule has 2 rings (SSSR count). The van der Waals surface area contributed by atoms with Crippen molar-refractivity contribution in [2.45, 2.75) is 38.6 Å². The van der Waals surface area contributed by atoms with Crippen LogP contribution in [0.5, 0.6) is 0 Å². The molecule has 1 saturated carbocycles. The molecule has 1 aromatic rings. The minimum atomic E-state index is 0.443. The zero-order valence-corrected chi connectivity index (χ0v) is 12.0. The molecule has 0 unspecified atom stereocenters. The van der Waals surface area contributed by atoms with Crippen LogP contribution in [0.4, 0.5) is 5.69 Å². The number of aromatic nitrogens is 1. The zero-order valence-electron chi connectivity index (χ0n) is 10.4. The molecule has 1 aliphatic rings. The summed E-state index contributed by atoms with van der Waals surface area (Å²) in [6.07, 6.45) is 6.72. The van der Waals surface area contributed by atoms with Crippen LogP contribution in [-0.2, 0) is 0 Å². The molecule has 1 heterocycles. The summed E-state index contributed by atoms with van der Waals surface area (Å²) >= 11 is 11.3. The summed E-state index contributed by atoms with van der Waals surface area (Å²) in [7, 11) is 0. The summed E-state index contributed by atoms with van der Waals surface area (Å²) in [5.41, 5.74) is 0.750. The number of pyridine rings is 1. The molecule has 1 fully saturated rings. The molecule has 2 N–H and O–H groups in total. The van der Waals surface area contributed by atoms with E-state index in [1.54, 1.807) is 6.20 Å². The summed E-state index contributed by atoms with van der Waals surface area (Å²) in [5.74, 6) is 0.669. The fourth-order valence-electron chi connectivity index (χ4n) is 2.34. The summed E-state index contributed by atoms with van der Waals surface area (Å²) in [6.45, 7) is 2.27. The second kappa shape index (κ2) is 6.34. The highest BCUT2D eigenvalue weighted by Crippen LogP contribution is 2.24. The zero-order chi connectivity index (χ0) is 13.0. The van der Waals surface area contributed by atoms with Gasteiger partial charge in [0.15, 0.2) is 10.3 Å². The van der Waals surface area contributed by atoms with E-state index in [0.717, 1.165) is 5.69 Å². The molecule has 0 aliphatic heterocycles. The second-order valence-corrected chi connectivity index (χ2v) is 5.57. The van der Waals surface area contributed by atoms with E-state index in [0.29, 0.717) is 22.2 Å². The molecule has 5 heteroatoms. The van der Waals surface area contributed by atoms with Crippen molar-refractivity contribution in [2.75, 3.05) is 5.32 Å². The lowest BCUT2D eigenvalue weighted by atomic mass is 9.86. The van der Waals surface area contributed by atoms with Crippen LogP contribution in [0.2, 0.25) is 5.15 Å². The minimum Gasteiger partial charge on any atom is -0.359 e. The topological polar surface area (TPSA) is 37.0 Å². The van der Waals surface area contributed by atoms with Crippen molar-refractivity contribution in [3.8, 4) is 0 Å². The number of nitrogens with zero attached hydrogens (tertiary/aromatic N) is 1. The van der Waals surface area contributed by atoms with E-state index in [1.165, 1.54) is 25.7 Å². The highest BCUT2D eigenvalue weighted by Gasteiger charge is 2.21. The Bertz CT molecular complexity index is 424. The van der Waals surface area contributed by atoms with Crippen LogP contribution >= 0.6 is 23.8 Å². The van der Waals surface area contributed by atoms with Crippen LogP contribution in [0, 0.1) is 5.92 Å². The number of hydrogen-bond acceptors (Lipinski definition) is 2. The largest absolute Gasteiger partial charge is 0.359 e. The third-order valence-corrected chi connectivity index (χ3v) is 3.96. The molecule has 2 atom stereocenters. The highest BCUT2D eigenvalue weighted by molar-refractivity contribution is 7.80. The number of anilines is 1. The predicted molar refractivity (Wildman–Crippen MR) is 80.0 cm³/mol. The van der Waals surface area contributed by atoms with E-state index in [2.05, 4.69) is 22.5 Å². The van der Waals surface area contributed by atoms with Crippen molar-refractivity contribution >= 4 is 34.6 Å². The van der Waals surface area contributed by atoms with Gasteiger partial charge in [0.2, 0.25) is 0 Å².